The molecule has 262 valence electrons. The average Bonchev–Trinajstić information content (AvgIpc) is 3.81. The van der Waals surface area contributed by atoms with Crippen molar-refractivity contribution in [1.82, 2.24) is 9.80 Å². The number of carbonyl (C=O) groups is 2. The van der Waals surface area contributed by atoms with Gasteiger partial charge < -0.3 is 24.8 Å². The predicted molar refractivity (Wildman–Crippen MR) is 192 cm³/mol. The summed E-state index contributed by atoms with van der Waals surface area (Å²) in [6.07, 6.45) is 9.55. The summed E-state index contributed by atoms with van der Waals surface area (Å²) in [4.78, 5) is 29.0. The molecule has 3 atom stereocenters. The smallest absolute Gasteiger partial charge is 0.248 e. The zero-order valence-electron chi connectivity index (χ0n) is 29.3. The lowest BCUT2D eigenvalue weighted by Gasteiger charge is -2.32. The van der Waals surface area contributed by atoms with Gasteiger partial charge >= 0.3 is 0 Å². The number of likely N-dealkylation sites (tertiary alicyclic amines) is 2. The number of ketones is 1. The van der Waals surface area contributed by atoms with E-state index in [0.29, 0.717) is 23.0 Å². The zero-order chi connectivity index (χ0) is 34.2. The van der Waals surface area contributed by atoms with E-state index in [0.717, 1.165) is 80.8 Å². The number of rotatable bonds is 12. The van der Waals surface area contributed by atoms with Crippen LogP contribution in [0.3, 0.4) is 0 Å². The van der Waals surface area contributed by atoms with E-state index < -0.39 is 5.91 Å². The number of Topliss-reactive ketones (excluding diaryl/α,β-unsaturated/α-hetero) is 1. The van der Waals surface area contributed by atoms with Gasteiger partial charge in [0, 0.05) is 43.2 Å². The third-order valence-corrected chi connectivity index (χ3v) is 11.1. The third-order valence-electron chi connectivity index (χ3n) is 11.1. The van der Waals surface area contributed by atoms with E-state index in [9.17, 15) is 9.59 Å². The fourth-order valence-corrected chi connectivity index (χ4v) is 8.42. The highest BCUT2D eigenvalue weighted by Crippen LogP contribution is 2.40. The fraction of sp³-hybridized carbons (Fsp3) is 0.512. The molecule has 2 N–H and O–H groups in total. The number of benzene rings is 3. The molecule has 49 heavy (non-hydrogen) atoms. The molecule has 8 nitrogen and oxygen atoms in total. The molecule has 3 aromatic carbocycles. The van der Waals surface area contributed by atoms with Crippen molar-refractivity contribution in [2.75, 3.05) is 53.6 Å². The number of fused-ring (bicyclic) bond motifs is 2. The Labute approximate surface area is 291 Å². The number of primary amides is 1. The molecule has 0 radical (unpaired) electrons. The van der Waals surface area contributed by atoms with Crippen molar-refractivity contribution < 1.29 is 23.8 Å². The molecule has 4 aliphatic rings. The lowest BCUT2D eigenvalue weighted by atomic mass is 9.85. The van der Waals surface area contributed by atoms with E-state index in [1.807, 2.05) is 12.1 Å². The number of amides is 1. The van der Waals surface area contributed by atoms with E-state index in [4.69, 9.17) is 19.9 Å². The maximum absolute atomic E-state index is 12.9. The van der Waals surface area contributed by atoms with Gasteiger partial charge in [0.15, 0.2) is 17.3 Å². The number of nitrogens with zero attached hydrogens (tertiary/aromatic N) is 2. The normalized spacial score (nSPS) is 22.2. The van der Waals surface area contributed by atoms with E-state index in [1.165, 1.54) is 50.8 Å². The van der Waals surface area contributed by atoms with Gasteiger partial charge in [0.25, 0.3) is 0 Å². The molecule has 1 unspecified atom stereocenters. The maximum atomic E-state index is 12.9. The minimum absolute atomic E-state index is 0.109. The summed E-state index contributed by atoms with van der Waals surface area (Å²) < 4.78 is 16.5. The van der Waals surface area contributed by atoms with E-state index in [2.05, 4.69) is 40.1 Å². The molecule has 8 heteroatoms. The standard InChI is InChI=1S/C24H29NO3.C17H24N2O2/c1-27-22-14-19-13-20(24(26)21(19)15-23(22)28-2)12-17-8-10-25(11-9-17)16-18-6-4-3-5-7-18;18-17(20)13-5-7-16(8-6-13)21-10-2-9-19-11-14-3-1-4-15(14)12-19/h3-7,14-15,17,20H,8-13,16H2,1-2H3;5-8,14-15H,1-4,9-12H2,(H2,18,20)/t;14-,15+. The number of ether oxygens (including phenoxy) is 3. The van der Waals surface area contributed by atoms with Gasteiger partial charge in [-0.1, -0.05) is 36.8 Å². The van der Waals surface area contributed by atoms with Crippen LogP contribution >= 0.6 is 0 Å². The minimum Gasteiger partial charge on any atom is -0.494 e. The second-order valence-electron chi connectivity index (χ2n) is 14.4. The largest absolute Gasteiger partial charge is 0.494 e. The minimum atomic E-state index is -0.402. The first-order chi connectivity index (χ1) is 23.9. The van der Waals surface area contributed by atoms with Gasteiger partial charge in [0.2, 0.25) is 5.91 Å². The number of methoxy groups -OCH3 is 2. The van der Waals surface area contributed by atoms with Crippen molar-refractivity contribution in [2.24, 2.45) is 29.4 Å². The summed E-state index contributed by atoms with van der Waals surface area (Å²) in [5, 5.41) is 0. The Morgan fingerprint density at radius 3 is 2.18 bits per heavy atom. The van der Waals surface area contributed by atoms with E-state index in [-0.39, 0.29) is 11.7 Å². The first-order valence-electron chi connectivity index (χ1n) is 18.2. The Morgan fingerprint density at radius 2 is 1.53 bits per heavy atom. The summed E-state index contributed by atoms with van der Waals surface area (Å²) in [7, 11) is 3.26. The molecule has 2 aliphatic heterocycles. The van der Waals surface area contributed by atoms with Crippen molar-refractivity contribution in [1.29, 1.82) is 0 Å². The highest BCUT2D eigenvalue weighted by molar-refractivity contribution is 6.03. The summed E-state index contributed by atoms with van der Waals surface area (Å²) >= 11 is 0. The monoisotopic (exact) mass is 667 g/mol. The number of hydrogen-bond donors (Lipinski definition) is 1. The molecule has 3 aromatic rings. The second kappa shape index (κ2) is 16.7. The Morgan fingerprint density at radius 1 is 0.857 bits per heavy atom. The lowest BCUT2D eigenvalue weighted by molar-refractivity contribution is 0.0895. The van der Waals surface area contributed by atoms with Crippen molar-refractivity contribution in [2.45, 2.75) is 57.9 Å². The Hall–Kier alpha value is -3.88. The first kappa shape index (κ1) is 35.0. The van der Waals surface area contributed by atoms with E-state index >= 15 is 0 Å². The van der Waals surface area contributed by atoms with Gasteiger partial charge in [0.05, 0.1) is 20.8 Å². The zero-order valence-corrected chi connectivity index (χ0v) is 29.3. The Bertz CT molecular complexity index is 1520. The van der Waals surface area contributed by atoms with Crippen LogP contribution in [-0.4, -0.2) is 75.0 Å². The molecule has 0 spiro atoms. The molecule has 2 heterocycles. The Balaban J connectivity index is 0.000000177. The van der Waals surface area contributed by atoms with Gasteiger partial charge in [-0.3, -0.25) is 14.5 Å². The molecule has 2 saturated heterocycles. The van der Waals surface area contributed by atoms with Crippen molar-refractivity contribution in [3.63, 3.8) is 0 Å². The van der Waals surface area contributed by atoms with Crippen molar-refractivity contribution >= 4 is 11.7 Å². The summed E-state index contributed by atoms with van der Waals surface area (Å²) in [5.41, 5.74) is 9.04. The quantitative estimate of drug-likeness (QED) is 0.216. The van der Waals surface area contributed by atoms with Crippen LogP contribution in [0, 0.1) is 23.7 Å². The molecular formula is C41H53N3O5. The number of carbonyl (C=O) groups excluding carboxylic acids is 2. The highest BCUT2D eigenvalue weighted by Gasteiger charge is 2.36. The summed E-state index contributed by atoms with van der Waals surface area (Å²) in [6.45, 7) is 7.70. The average molecular weight is 668 g/mol. The van der Waals surface area contributed by atoms with Gasteiger partial charge in [-0.05, 0) is 123 Å². The molecule has 3 fully saturated rings. The molecule has 2 aliphatic carbocycles. The van der Waals surface area contributed by atoms with E-state index in [1.54, 1.807) is 38.5 Å². The topological polar surface area (TPSA) is 94.3 Å². The molecule has 0 aromatic heterocycles. The Kier molecular flexibility index (Phi) is 11.9. The lowest BCUT2D eigenvalue weighted by Crippen LogP contribution is -2.34. The molecule has 0 bridgehead atoms. The van der Waals surface area contributed by atoms with Gasteiger partial charge in [-0.25, -0.2) is 0 Å². The van der Waals surface area contributed by atoms with Crippen molar-refractivity contribution in [3.8, 4) is 17.2 Å². The highest BCUT2D eigenvalue weighted by atomic mass is 16.5. The summed E-state index contributed by atoms with van der Waals surface area (Å²) in [6, 6.07) is 21.5. The fourth-order valence-electron chi connectivity index (χ4n) is 8.42. The molecule has 1 saturated carbocycles. The van der Waals surface area contributed by atoms with Crippen LogP contribution in [0.25, 0.3) is 0 Å². The number of nitrogens with two attached hydrogens (primary N) is 1. The molecule has 7 rings (SSSR count). The predicted octanol–water partition coefficient (Wildman–Crippen LogP) is 6.65. The van der Waals surface area contributed by atoms with Gasteiger partial charge in [-0.15, -0.1) is 0 Å². The maximum Gasteiger partial charge on any atom is 0.248 e. The van der Waals surface area contributed by atoms with Crippen LogP contribution < -0.4 is 19.9 Å². The summed E-state index contributed by atoms with van der Waals surface area (Å²) in [5.74, 6) is 4.71. The molecule has 1 amide bonds. The van der Waals surface area contributed by atoms with Crippen LogP contribution in [0.15, 0.2) is 66.7 Å². The van der Waals surface area contributed by atoms with Crippen LogP contribution in [0.4, 0.5) is 0 Å². The number of piperidine rings is 1. The second-order valence-corrected chi connectivity index (χ2v) is 14.4. The van der Waals surface area contributed by atoms with Crippen LogP contribution in [0.5, 0.6) is 17.2 Å². The first-order valence-corrected chi connectivity index (χ1v) is 18.2. The van der Waals surface area contributed by atoms with Crippen molar-refractivity contribution in [3.05, 3.63) is 89.0 Å². The third kappa shape index (κ3) is 9.03. The van der Waals surface area contributed by atoms with Gasteiger partial charge in [-0.2, -0.15) is 0 Å². The van der Waals surface area contributed by atoms with Crippen LogP contribution in [-0.2, 0) is 13.0 Å². The SMILES string of the molecule is COc1cc2c(cc1OC)C(=O)C(CC1CCN(Cc3ccccc3)CC1)C2.NC(=O)c1ccc(OCCCN2C[C@H]3CCC[C@H]3C2)cc1. The van der Waals surface area contributed by atoms with Gasteiger partial charge in [0.1, 0.15) is 5.75 Å². The van der Waals surface area contributed by atoms with Crippen LogP contribution in [0.2, 0.25) is 0 Å². The molecular weight excluding hydrogens is 614 g/mol. The number of hydrogen-bond acceptors (Lipinski definition) is 7. The van der Waals surface area contributed by atoms with Crippen LogP contribution in [0.1, 0.15) is 76.8 Å².